The minimum Gasteiger partial charge on any atom is -0.493 e. The zero-order valence-corrected chi connectivity index (χ0v) is 25.6. The summed E-state index contributed by atoms with van der Waals surface area (Å²) in [5.74, 6) is 1.51. The molecular formula is C35H33NO9. The predicted octanol–water partition coefficient (Wildman–Crippen LogP) is 5.82. The van der Waals surface area contributed by atoms with Crippen LogP contribution in [0.2, 0.25) is 0 Å². The Balaban J connectivity index is 1.47. The van der Waals surface area contributed by atoms with Gasteiger partial charge >= 0.3 is 11.9 Å². The van der Waals surface area contributed by atoms with Crippen LogP contribution >= 0.6 is 0 Å². The summed E-state index contributed by atoms with van der Waals surface area (Å²) in [6.07, 6.45) is 0.519. The molecule has 0 spiro atoms. The molecule has 232 valence electrons. The molecule has 4 aromatic carbocycles. The van der Waals surface area contributed by atoms with Crippen molar-refractivity contribution in [2.75, 3.05) is 27.9 Å². The normalized spacial score (nSPS) is 11.8. The minimum atomic E-state index is -0.464. The Morgan fingerprint density at radius 1 is 0.711 bits per heavy atom. The van der Waals surface area contributed by atoms with Crippen LogP contribution < -0.4 is 33.7 Å². The number of esters is 2. The van der Waals surface area contributed by atoms with Crippen LogP contribution in [0.5, 0.6) is 40.2 Å². The van der Waals surface area contributed by atoms with E-state index in [4.69, 9.17) is 28.4 Å². The molecule has 1 aliphatic rings. The van der Waals surface area contributed by atoms with E-state index in [1.165, 1.54) is 13.8 Å². The Labute approximate surface area is 260 Å². The van der Waals surface area contributed by atoms with E-state index in [9.17, 15) is 14.4 Å². The molecule has 0 saturated heterocycles. The minimum absolute atomic E-state index is 0.249. The summed E-state index contributed by atoms with van der Waals surface area (Å²) in [4.78, 5) is 36.9. The van der Waals surface area contributed by atoms with Crippen LogP contribution in [0, 0.1) is 0 Å². The summed E-state index contributed by atoms with van der Waals surface area (Å²) in [6, 6.07) is 21.3. The number of amides is 1. The molecule has 10 heteroatoms. The fourth-order valence-corrected chi connectivity index (χ4v) is 5.41. The van der Waals surface area contributed by atoms with Gasteiger partial charge in [0, 0.05) is 55.1 Å². The predicted molar refractivity (Wildman–Crippen MR) is 165 cm³/mol. The molecule has 0 radical (unpaired) electrons. The van der Waals surface area contributed by atoms with Crippen LogP contribution in [-0.4, -0.2) is 45.7 Å². The van der Waals surface area contributed by atoms with Crippen molar-refractivity contribution in [3.63, 3.8) is 0 Å². The Kier molecular flexibility index (Phi) is 9.22. The molecule has 0 bridgehead atoms. The van der Waals surface area contributed by atoms with Gasteiger partial charge in [-0.15, -0.1) is 0 Å². The first-order valence-corrected chi connectivity index (χ1v) is 14.2. The number of fused-ring (bicyclic) bond motifs is 2. The van der Waals surface area contributed by atoms with Gasteiger partial charge in [-0.1, -0.05) is 30.3 Å². The lowest BCUT2D eigenvalue weighted by molar-refractivity contribution is -0.132. The van der Waals surface area contributed by atoms with Crippen LogP contribution in [0.15, 0.2) is 72.8 Å². The van der Waals surface area contributed by atoms with E-state index >= 15 is 0 Å². The zero-order chi connectivity index (χ0) is 32.1. The van der Waals surface area contributed by atoms with Crippen molar-refractivity contribution < 1.29 is 42.8 Å². The molecule has 1 heterocycles. The van der Waals surface area contributed by atoms with Gasteiger partial charge in [0.1, 0.15) is 23.0 Å². The van der Waals surface area contributed by atoms with Crippen molar-refractivity contribution in [1.29, 1.82) is 0 Å². The lowest BCUT2D eigenvalue weighted by Crippen LogP contribution is -2.27. The molecule has 1 aliphatic heterocycles. The van der Waals surface area contributed by atoms with E-state index in [2.05, 4.69) is 5.32 Å². The maximum Gasteiger partial charge on any atom is 0.308 e. The lowest BCUT2D eigenvalue weighted by atomic mass is 9.80. The quantitative estimate of drug-likeness (QED) is 0.154. The van der Waals surface area contributed by atoms with Gasteiger partial charge in [-0.25, -0.2) is 0 Å². The molecule has 0 unspecified atom stereocenters. The highest BCUT2D eigenvalue weighted by atomic mass is 16.5. The first-order valence-electron chi connectivity index (χ1n) is 14.2. The van der Waals surface area contributed by atoms with E-state index < -0.39 is 17.9 Å². The molecular weight excluding hydrogens is 578 g/mol. The summed E-state index contributed by atoms with van der Waals surface area (Å²) in [6.45, 7) is 2.99. The van der Waals surface area contributed by atoms with Gasteiger partial charge < -0.3 is 33.7 Å². The first kappa shape index (κ1) is 30.9. The third kappa shape index (κ3) is 6.70. The molecule has 10 nitrogen and oxygen atoms in total. The van der Waals surface area contributed by atoms with Crippen molar-refractivity contribution in [3.05, 3.63) is 101 Å². The number of nitrogens with one attached hydrogen (secondary N) is 1. The van der Waals surface area contributed by atoms with Gasteiger partial charge in [0.25, 0.3) is 5.91 Å². The summed E-state index contributed by atoms with van der Waals surface area (Å²) in [7, 11) is 4.66. The second-order valence-electron chi connectivity index (χ2n) is 10.2. The molecule has 5 rings (SSSR count). The Morgan fingerprint density at radius 2 is 1.27 bits per heavy atom. The van der Waals surface area contributed by atoms with Gasteiger partial charge in [0.05, 0.1) is 21.3 Å². The van der Waals surface area contributed by atoms with Crippen molar-refractivity contribution in [3.8, 4) is 40.2 Å². The number of carbonyl (C=O) groups excluding carboxylic acids is 3. The van der Waals surface area contributed by atoms with Gasteiger partial charge in [0.15, 0.2) is 11.5 Å². The fraction of sp³-hybridized carbons (Fsp3) is 0.229. The molecule has 4 aromatic rings. The van der Waals surface area contributed by atoms with Crippen molar-refractivity contribution in [1.82, 2.24) is 5.32 Å². The SMILES string of the molecule is COc1cc(CCNC(=O)c2ccccc2C2c3ccc(OC(C)=O)cc3Oc3cc(OC(C)=O)ccc32)cc(OC)c1OC. The third-order valence-electron chi connectivity index (χ3n) is 7.28. The molecule has 0 fully saturated rings. The summed E-state index contributed by atoms with van der Waals surface area (Å²) in [5.41, 5.74) is 3.68. The zero-order valence-electron chi connectivity index (χ0n) is 25.6. The second kappa shape index (κ2) is 13.4. The number of carbonyl (C=O) groups is 3. The van der Waals surface area contributed by atoms with E-state index in [0.29, 0.717) is 58.8 Å². The number of hydrogen-bond donors (Lipinski definition) is 1. The maximum atomic E-state index is 13.7. The van der Waals surface area contributed by atoms with Crippen LogP contribution in [0.1, 0.15) is 52.4 Å². The van der Waals surface area contributed by atoms with E-state index in [1.54, 1.807) is 51.7 Å². The van der Waals surface area contributed by atoms with E-state index in [1.807, 2.05) is 42.5 Å². The van der Waals surface area contributed by atoms with Gasteiger partial charge in [-0.2, -0.15) is 0 Å². The van der Waals surface area contributed by atoms with Gasteiger partial charge in [-0.05, 0) is 47.9 Å². The molecule has 1 amide bonds. The summed E-state index contributed by atoms with van der Waals surface area (Å²) < 4.78 is 33.1. The van der Waals surface area contributed by atoms with Crippen LogP contribution in [0.3, 0.4) is 0 Å². The Hall–Kier alpha value is -5.51. The second-order valence-corrected chi connectivity index (χ2v) is 10.2. The van der Waals surface area contributed by atoms with Crippen molar-refractivity contribution in [2.45, 2.75) is 26.2 Å². The summed E-state index contributed by atoms with van der Waals surface area (Å²) >= 11 is 0. The highest BCUT2D eigenvalue weighted by Gasteiger charge is 2.32. The summed E-state index contributed by atoms with van der Waals surface area (Å²) in [5, 5.41) is 3.04. The van der Waals surface area contributed by atoms with Crippen LogP contribution in [0.25, 0.3) is 0 Å². The number of rotatable bonds is 10. The molecule has 45 heavy (non-hydrogen) atoms. The van der Waals surface area contributed by atoms with Gasteiger partial charge in [0.2, 0.25) is 5.75 Å². The molecule has 0 aliphatic carbocycles. The first-order chi connectivity index (χ1) is 21.7. The Morgan fingerprint density at radius 3 is 1.78 bits per heavy atom. The smallest absolute Gasteiger partial charge is 0.308 e. The van der Waals surface area contributed by atoms with Crippen LogP contribution in [-0.2, 0) is 16.0 Å². The average Bonchev–Trinajstić information content (AvgIpc) is 3.02. The molecule has 0 saturated carbocycles. The topological polar surface area (TPSA) is 119 Å². The molecule has 0 atom stereocenters. The molecule has 0 aromatic heterocycles. The highest BCUT2D eigenvalue weighted by Crippen LogP contribution is 2.50. The van der Waals surface area contributed by atoms with Crippen molar-refractivity contribution in [2.24, 2.45) is 0 Å². The van der Waals surface area contributed by atoms with Gasteiger partial charge in [-0.3, -0.25) is 14.4 Å². The maximum absolute atomic E-state index is 13.7. The monoisotopic (exact) mass is 611 g/mol. The largest absolute Gasteiger partial charge is 0.493 e. The number of methoxy groups -OCH3 is 3. The Bertz CT molecular complexity index is 1670. The number of benzene rings is 4. The van der Waals surface area contributed by atoms with E-state index in [0.717, 1.165) is 22.3 Å². The highest BCUT2D eigenvalue weighted by molar-refractivity contribution is 5.96. The van der Waals surface area contributed by atoms with E-state index in [-0.39, 0.29) is 5.91 Å². The fourth-order valence-electron chi connectivity index (χ4n) is 5.41. The lowest BCUT2D eigenvalue weighted by Gasteiger charge is -2.30. The molecule has 1 N–H and O–H groups in total. The number of hydrogen-bond acceptors (Lipinski definition) is 9. The standard InChI is InChI=1S/C35H33NO9/c1-20(37)43-23-10-12-27-29(18-23)45-30-19-24(44-21(2)38)11-13-28(30)33(27)25-8-6-7-9-26(25)35(39)36-15-14-22-16-31(40-3)34(42-5)32(17-22)41-4/h6-13,16-19,33H,14-15H2,1-5H3,(H,36,39). The average molecular weight is 612 g/mol. The number of ether oxygens (including phenoxy) is 6. The van der Waals surface area contributed by atoms with Crippen LogP contribution in [0.4, 0.5) is 0 Å². The van der Waals surface area contributed by atoms with Crippen molar-refractivity contribution >= 4 is 17.8 Å². The third-order valence-corrected chi connectivity index (χ3v) is 7.28.